The lowest BCUT2D eigenvalue weighted by Crippen LogP contribution is -2.15. The molecule has 1 unspecified atom stereocenters. The van der Waals surface area contributed by atoms with Gasteiger partial charge in [-0.05, 0) is 54.8 Å². The van der Waals surface area contributed by atoms with Crippen molar-refractivity contribution in [3.05, 3.63) is 64.7 Å². The van der Waals surface area contributed by atoms with Gasteiger partial charge in [0.15, 0.2) is 0 Å². The average molecular weight is 304 g/mol. The summed E-state index contributed by atoms with van der Waals surface area (Å²) in [4.78, 5) is 0. The monoisotopic (exact) mass is 303 g/mol. The minimum Gasteiger partial charge on any atom is -0.494 e. The Morgan fingerprint density at radius 3 is 2.67 bits per heavy atom. The van der Waals surface area contributed by atoms with E-state index in [9.17, 15) is 0 Å². The van der Waals surface area contributed by atoms with Crippen LogP contribution in [0.3, 0.4) is 0 Å². The van der Waals surface area contributed by atoms with Gasteiger partial charge in [-0.3, -0.25) is 0 Å². The molecule has 0 saturated carbocycles. The van der Waals surface area contributed by atoms with Crippen molar-refractivity contribution in [1.82, 2.24) is 0 Å². The van der Waals surface area contributed by atoms with Gasteiger partial charge in [0.05, 0.1) is 6.61 Å². The molecule has 0 radical (unpaired) electrons. The lowest BCUT2D eigenvalue weighted by molar-refractivity contribution is 0.317. The van der Waals surface area contributed by atoms with Crippen molar-refractivity contribution in [3.8, 4) is 5.75 Å². The molecule has 0 spiro atoms. The predicted molar refractivity (Wildman–Crippen MR) is 89.2 cm³/mol. The second-order valence-corrected chi connectivity index (χ2v) is 5.62. The Labute approximate surface area is 131 Å². The molecule has 2 aromatic rings. The summed E-state index contributed by atoms with van der Waals surface area (Å²) in [6.07, 6.45) is 1.89. The Balaban J connectivity index is 2.13. The molecule has 0 fully saturated rings. The lowest BCUT2D eigenvalue weighted by Gasteiger charge is -2.17. The van der Waals surface area contributed by atoms with E-state index in [0.717, 1.165) is 30.2 Å². The van der Waals surface area contributed by atoms with Crippen LogP contribution in [-0.4, -0.2) is 13.2 Å². The molecule has 1 atom stereocenters. The van der Waals surface area contributed by atoms with Crippen LogP contribution in [0.4, 0.5) is 0 Å². The van der Waals surface area contributed by atoms with E-state index >= 15 is 0 Å². The van der Waals surface area contributed by atoms with Crippen LogP contribution >= 0.6 is 11.6 Å². The maximum absolute atomic E-state index is 6.05. The first-order valence-corrected chi connectivity index (χ1v) is 7.78. The van der Waals surface area contributed by atoms with Gasteiger partial charge in [0.1, 0.15) is 5.75 Å². The van der Waals surface area contributed by atoms with Gasteiger partial charge in [-0.15, -0.1) is 0 Å². The third-order valence-electron chi connectivity index (χ3n) is 3.46. The molecule has 2 aromatic carbocycles. The van der Waals surface area contributed by atoms with E-state index in [2.05, 4.69) is 25.1 Å². The zero-order chi connectivity index (χ0) is 15.1. The Morgan fingerprint density at radius 1 is 1.14 bits per heavy atom. The van der Waals surface area contributed by atoms with Gasteiger partial charge in [0.2, 0.25) is 0 Å². The average Bonchev–Trinajstić information content (AvgIpc) is 2.51. The highest BCUT2D eigenvalue weighted by atomic mass is 35.5. The van der Waals surface area contributed by atoms with Gasteiger partial charge in [0.25, 0.3) is 0 Å². The maximum Gasteiger partial charge on any atom is 0.119 e. The van der Waals surface area contributed by atoms with E-state index in [1.54, 1.807) is 0 Å². The number of rotatable bonds is 7. The molecule has 0 aliphatic heterocycles. The minimum absolute atomic E-state index is 0.272. The predicted octanol–water partition coefficient (Wildman–Crippen LogP) is 4.41. The van der Waals surface area contributed by atoms with E-state index < -0.39 is 0 Å². The molecule has 0 bridgehead atoms. The fraction of sp³-hybridized carbons (Fsp3) is 0.333. The van der Waals surface area contributed by atoms with E-state index in [1.165, 1.54) is 11.1 Å². The fourth-order valence-electron chi connectivity index (χ4n) is 2.36. The topological polar surface area (TPSA) is 35.2 Å². The van der Waals surface area contributed by atoms with Crippen molar-refractivity contribution in [2.45, 2.75) is 25.7 Å². The van der Waals surface area contributed by atoms with Crippen molar-refractivity contribution >= 4 is 11.6 Å². The molecule has 112 valence electrons. The van der Waals surface area contributed by atoms with Crippen LogP contribution in [0, 0.1) is 0 Å². The lowest BCUT2D eigenvalue weighted by atomic mass is 9.92. The fourth-order valence-corrected chi connectivity index (χ4v) is 2.58. The van der Waals surface area contributed by atoms with Crippen LogP contribution in [0.1, 0.15) is 30.4 Å². The minimum atomic E-state index is 0.272. The highest BCUT2D eigenvalue weighted by molar-refractivity contribution is 6.30. The zero-order valence-corrected chi connectivity index (χ0v) is 13.1. The van der Waals surface area contributed by atoms with Crippen molar-refractivity contribution in [2.24, 2.45) is 5.73 Å². The highest BCUT2D eigenvalue weighted by Crippen LogP contribution is 2.25. The first kappa shape index (κ1) is 15.9. The number of benzene rings is 2. The van der Waals surface area contributed by atoms with Gasteiger partial charge < -0.3 is 10.5 Å². The molecular weight excluding hydrogens is 282 g/mol. The molecule has 0 amide bonds. The SMILES string of the molecule is CCCOc1cccc(C(CN)Cc2cccc(Cl)c2)c1. The van der Waals surface area contributed by atoms with Gasteiger partial charge in [0, 0.05) is 10.9 Å². The summed E-state index contributed by atoms with van der Waals surface area (Å²) in [6.45, 7) is 3.44. The molecule has 3 heteroatoms. The Hall–Kier alpha value is -1.51. The quantitative estimate of drug-likeness (QED) is 0.822. The van der Waals surface area contributed by atoms with Crippen LogP contribution in [0.15, 0.2) is 48.5 Å². The second-order valence-electron chi connectivity index (χ2n) is 5.19. The molecule has 2 rings (SSSR count). The standard InChI is InChI=1S/C18H22ClNO/c1-2-9-21-18-8-4-6-15(12-18)16(13-20)10-14-5-3-7-17(19)11-14/h3-8,11-12,16H,2,9-10,13,20H2,1H3. The summed E-state index contributed by atoms with van der Waals surface area (Å²) in [5, 5.41) is 0.767. The third kappa shape index (κ3) is 4.76. The van der Waals surface area contributed by atoms with E-state index in [1.807, 2.05) is 30.3 Å². The number of hydrogen-bond donors (Lipinski definition) is 1. The molecule has 0 heterocycles. The van der Waals surface area contributed by atoms with Gasteiger partial charge in [-0.1, -0.05) is 42.8 Å². The second kappa shape index (κ2) is 8.06. The number of nitrogens with two attached hydrogens (primary N) is 1. The van der Waals surface area contributed by atoms with Gasteiger partial charge in [-0.25, -0.2) is 0 Å². The summed E-state index contributed by atoms with van der Waals surface area (Å²) in [5.74, 6) is 1.19. The number of hydrogen-bond acceptors (Lipinski definition) is 2. The number of halogens is 1. The Morgan fingerprint density at radius 2 is 1.95 bits per heavy atom. The molecule has 21 heavy (non-hydrogen) atoms. The van der Waals surface area contributed by atoms with E-state index in [4.69, 9.17) is 22.1 Å². The van der Waals surface area contributed by atoms with Crippen LogP contribution in [0.25, 0.3) is 0 Å². The normalized spacial score (nSPS) is 12.1. The van der Waals surface area contributed by atoms with Crippen LogP contribution in [0.2, 0.25) is 5.02 Å². The first-order chi connectivity index (χ1) is 10.2. The summed E-state index contributed by atoms with van der Waals surface area (Å²) in [6, 6.07) is 16.2. The van der Waals surface area contributed by atoms with Crippen LogP contribution in [0.5, 0.6) is 5.75 Å². The van der Waals surface area contributed by atoms with Crippen molar-refractivity contribution in [1.29, 1.82) is 0 Å². The van der Waals surface area contributed by atoms with Crippen molar-refractivity contribution < 1.29 is 4.74 Å². The molecule has 2 N–H and O–H groups in total. The molecular formula is C18H22ClNO. The van der Waals surface area contributed by atoms with Crippen molar-refractivity contribution in [2.75, 3.05) is 13.2 Å². The molecule has 0 saturated heterocycles. The Kier molecular flexibility index (Phi) is 6.09. The molecule has 0 aromatic heterocycles. The first-order valence-electron chi connectivity index (χ1n) is 7.40. The number of ether oxygens (including phenoxy) is 1. The van der Waals surface area contributed by atoms with Crippen LogP contribution in [-0.2, 0) is 6.42 Å². The summed E-state index contributed by atoms with van der Waals surface area (Å²) < 4.78 is 5.70. The molecule has 0 aliphatic carbocycles. The summed E-state index contributed by atoms with van der Waals surface area (Å²) in [7, 11) is 0. The summed E-state index contributed by atoms with van der Waals surface area (Å²) in [5.41, 5.74) is 8.39. The van der Waals surface area contributed by atoms with Gasteiger partial charge in [-0.2, -0.15) is 0 Å². The molecule has 2 nitrogen and oxygen atoms in total. The van der Waals surface area contributed by atoms with Crippen molar-refractivity contribution in [3.63, 3.8) is 0 Å². The molecule has 0 aliphatic rings. The van der Waals surface area contributed by atoms with Crippen LogP contribution < -0.4 is 10.5 Å². The third-order valence-corrected chi connectivity index (χ3v) is 3.69. The summed E-state index contributed by atoms with van der Waals surface area (Å²) >= 11 is 6.05. The Bertz CT molecular complexity index is 571. The maximum atomic E-state index is 6.05. The van der Waals surface area contributed by atoms with E-state index in [-0.39, 0.29) is 5.92 Å². The van der Waals surface area contributed by atoms with Gasteiger partial charge >= 0.3 is 0 Å². The highest BCUT2D eigenvalue weighted by Gasteiger charge is 2.12. The van der Waals surface area contributed by atoms with E-state index in [0.29, 0.717) is 6.54 Å². The zero-order valence-electron chi connectivity index (χ0n) is 12.4. The largest absolute Gasteiger partial charge is 0.494 e. The smallest absolute Gasteiger partial charge is 0.119 e.